The third-order valence-electron chi connectivity index (χ3n) is 4.92. The van der Waals surface area contributed by atoms with E-state index in [2.05, 4.69) is 5.32 Å². The molecule has 0 bridgehead atoms. The number of hydrogen-bond donors (Lipinski definition) is 2. The molecule has 0 radical (unpaired) electrons. The van der Waals surface area contributed by atoms with Crippen LogP contribution in [0.1, 0.15) is 45.0 Å². The van der Waals surface area contributed by atoms with Gasteiger partial charge in [-0.2, -0.15) is 0 Å². The summed E-state index contributed by atoms with van der Waals surface area (Å²) in [5.41, 5.74) is -0.523. The molecular formula is C20H26FN3O3. The van der Waals surface area contributed by atoms with Crippen LogP contribution in [-0.4, -0.2) is 40.8 Å². The molecule has 0 aliphatic carbocycles. The van der Waals surface area contributed by atoms with Gasteiger partial charge in [-0.1, -0.05) is 0 Å². The van der Waals surface area contributed by atoms with E-state index in [1.54, 1.807) is 10.6 Å². The standard InChI is InChI=1S/C20H26FN3O3/c1-11-8-23(9-12(2)22-11)17-7-16-13(6-15(17)21)18(25)14(19(26)27)10-24(16)20(3,4)5/h6-7,10-12,22H,8-9H2,1-5H3,(H,26,27)/t11-,12+. The molecule has 27 heavy (non-hydrogen) atoms. The smallest absolute Gasteiger partial charge is 0.341 e. The van der Waals surface area contributed by atoms with Crippen LogP contribution in [-0.2, 0) is 5.54 Å². The number of carboxylic acid groups (broad SMARTS) is 1. The second-order valence-corrected chi connectivity index (χ2v) is 8.41. The lowest BCUT2D eigenvalue weighted by atomic mass is 10.0. The fraction of sp³-hybridized carbons (Fsp3) is 0.500. The highest BCUT2D eigenvalue weighted by Crippen LogP contribution is 2.29. The summed E-state index contributed by atoms with van der Waals surface area (Å²) in [6.45, 7) is 11.2. The lowest BCUT2D eigenvalue weighted by Crippen LogP contribution is -2.54. The number of benzene rings is 1. The number of anilines is 1. The van der Waals surface area contributed by atoms with Crippen molar-refractivity contribution in [3.05, 3.63) is 39.9 Å². The molecule has 1 aromatic heterocycles. The first-order chi connectivity index (χ1) is 12.5. The van der Waals surface area contributed by atoms with Gasteiger partial charge >= 0.3 is 5.97 Å². The monoisotopic (exact) mass is 375 g/mol. The summed E-state index contributed by atoms with van der Waals surface area (Å²) in [7, 11) is 0. The summed E-state index contributed by atoms with van der Waals surface area (Å²) < 4.78 is 16.7. The minimum absolute atomic E-state index is 0.0855. The van der Waals surface area contributed by atoms with Crippen molar-refractivity contribution < 1.29 is 14.3 Å². The van der Waals surface area contributed by atoms with Gasteiger partial charge in [-0.15, -0.1) is 0 Å². The first-order valence-corrected chi connectivity index (χ1v) is 9.12. The van der Waals surface area contributed by atoms with Crippen molar-refractivity contribution in [3.63, 3.8) is 0 Å². The predicted octanol–water partition coefficient (Wildman–Crippen LogP) is 2.78. The maximum absolute atomic E-state index is 14.9. The fourth-order valence-electron chi connectivity index (χ4n) is 3.81. The number of nitrogens with one attached hydrogen (secondary N) is 1. The zero-order valence-electron chi connectivity index (χ0n) is 16.3. The number of hydrogen-bond acceptors (Lipinski definition) is 4. The van der Waals surface area contributed by atoms with Gasteiger partial charge in [0.15, 0.2) is 0 Å². The summed E-state index contributed by atoms with van der Waals surface area (Å²) >= 11 is 0. The Kier molecular flexibility index (Phi) is 4.76. The van der Waals surface area contributed by atoms with Gasteiger partial charge in [0.25, 0.3) is 0 Å². The van der Waals surface area contributed by atoms with Crippen LogP contribution in [0.5, 0.6) is 0 Å². The van der Waals surface area contributed by atoms with Crippen LogP contribution in [0.15, 0.2) is 23.1 Å². The molecule has 1 fully saturated rings. The molecule has 3 rings (SSSR count). The van der Waals surface area contributed by atoms with Crippen molar-refractivity contribution in [3.8, 4) is 0 Å². The molecule has 1 aliphatic rings. The molecule has 2 aromatic rings. The van der Waals surface area contributed by atoms with Crippen molar-refractivity contribution >= 4 is 22.6 Å². The Hall–Kier alpha value is -2.41. The van der Waals surface area contributed by atoms with Crippen LogP contribution in [0.3, 0.4) is 0 Å². The third kappa shape index (κ3) is 3.56. The second kappa shape index (κ2) is 6.64. The van der Waals surface area contributed by atoms with Gasteiger partial charge in [-0.25, -0.2) is 9.18 Å². The summed E-state index contributed by atoms with van der Waals surface area (Å²) in [5.74, 6) is -1.82. The van der Waals surface area contributed by atoms with E-state index in [0.717, 1.165) is 0 Å². The number of rotatable bonds is 2. The first-order valence-electron chi connectivity index (χ1n) is 9.12. The predicted molar refractivity (Wildman–Crippen MR) is 104 cm³/mol. The van der Waals surface area contributed by atoms with Crippen LogP contribution >= 0.6 is 0 Å². The van der Waals surface area contributed by atoms with E-state index in [1.807, 2.05) is 39.5 Å². The van der Waals surface area contributed by atoms with E-state index in [0.29, 0.717) is 24.3 Å². The van der Waals surface area contributed by atoms with Gasteiger partial charge in [-0.3, -0.25) is 4.79 Å². The molecule has 0 saturated carbocycles. The molecular weight excluding hydrogens is 349 g/mol. The average Bonchev–Trinajstić information content (AvgIpc) is 2.52. The number of fused-ring (bicyclic) bond motifs is 1. The molecule has 6 nitrogen and oxygen atoms in total. The van der Waals surface area contributed by atoms with Crippen LogP contribution in [0.2, 0.25) is 0 Å². The first kappa shape index (κ1) is 19.4. The number of aromatic carboxylic acids is 1. The normalized spacial score (nSPS) is 20.9. The molecule has 146 valence electrons. The van der Waals surface area contributed by atoms with Crippen molar-refractivity contribution in [2.24, 2.45) is 0 Å². The minimum Gasteiger partial charge on any atom is -0.477 e. The van der Waals surface area contributed by atoms with Gasteiger partial charge in [-0.05, 0) is 46.8 Å². The molecule has 0 amide bonds. The number of piperazine rings is 1. The molecule has 0 unspecified atom stereocenters. The van der Waals surface area contributed by atoms with E-state index in [1.165, 1.54) is 12.3 Å². The van der Waals surface area contributed by atoms with Crippen LogP contribution in [0.4, 0.5) is 10.1 Å². The van der Waals surface area contributed by atoms with Crippen molar-refractivity contribution in [2.45, 2.75) is 52.2 Å². The Balaban J connectivity index is 2.29. The third-order valence-corrected chi connectivity index (χ3v) is 4.92. The highest BCUT2D eigenvalue weighted by molar-refractivity contribution is 5.93. The SMILES string of the molecule is C[C@@H]1CN(c2cc3c(cc2F)c(=O)c(C(=O)O)cn3C(C)(C)C)C[C@H](C)N1. The van der Waals surface area contributed by atoms with Crippen LogP contribution in [0.25, 0.3) is 10.9 Å². The molecule has 2 heterocycles. The Morgan fingerprint density at radius 2 is 1.81 bits per heavy atom. The van der Waals surface area contributed by atoms with E-state index in [-0.39, 0.29) is 23.0 Å². The Bertz CT molecular complexity index is 952. The van der Waals surface area contributed by atoms with Gasteiger partial charge < -0.3 is 19.9 Å². The molecule has 7 heteroatoms. The topological polar surface area (TPSA) is 74.6 Å². The molecule has 2 N–H and O–H groups in total. The second-order valence-electron chi connectivity index (χ2n) is 8.41. The van der Waals surface area contributed by atoms with Crippen molar-refractivity contribution in [1.82, 2.24) is 9.88 Å². The number of carboxylic acids is 1. The van der Waals surface area contributed by atoms with Crippen LogP contribution < -0.4 is 15.6 Å². The van der Waals surface area contributed by atoms with Crippen molar-refractivity contribution in [2.75, 3.05) is 18.0 Å². The van der Waals surface area contributed by atoms with Gasteiger partial charge in [0, 0.05) is 42.3 Å². The van der Waals surface area contributed by atoms with E-state index in [4.69, 9.17) is 0 Å². The number of pyridine rings is 1. The Morgan fingerprint density at radius 1 is 1.22 bits per heavy atom. The lowest BCUT2D eigenvalue weighted by Gasteiger charge is -2.38. The fourth-order valence-corrected chi connectivity index (χ4v) is 3.81. The Labute approximate surface area is 157 Å². The maximum atomic E-state index is 14.9. The average molecular weight is 375 g/mol. The summed E-state index contributed by atoms with van der Waals surface area (Å²) in [6.07, 6.45) is 1.36. The molecule has 1 saturated heterocycles. The van der Waals surface area contributed by atoms with E-state index in [9.17, 15) is 19.1 Å². The lowest BCUT2D eigenvalue weighted by molar-refractivity contribution is 0.0694. The van der Waals surface area contributed by atoms with Gasteiger partial charge in [0.1, 0.15) is 11.4 Å². The Morgan fingerprint density at radius 3 is 2.33 bits per heavy atom. The highest BCUT2D eigenvalue weighted by Gasteiger charge is 2.26. The van der Waals surface area contributed by atoms with E-state index < -0.39 is 22.8 Å². The van der Waals surface area contributed by atoms with Crippen molar-refractivity contribution in [1.29, 1.82) is 0 Å². The number of nitrogens with zero attached hydrogens (tertiary/aromatic N) is 2. The minimum atomic E-state index is -1.31. The molecule has 1 aliphatic heterocycles. The summed E-state index contributed by atoms with van der Waals surface area (Å²) in [6, 6.07) is 3.28. The number of aromatic nitrogens is 1. The quantitative estimate of drug-likeness (QED) is 0.844. The summed E-state index contributed by atoms with van der Waals surface area (Å²) in [5, 5.41) is 12.9. The zero-order valence-corrected chi connectivity index (χ0v) is 16.3. The van der Waals surface area contributed by atoms with E-state index >= 15 is 0 Å². The summed E-state index contributed by atoms with van der Waals surface area (Å²) in [4.78, 5) is 26.1. The maximum Gasteiger partial charge on any atom is 0.341 e. The van der Waals surface area contributed by atoms with Gasteiger partial charge in [0.2, 0.25) is 5.43 Å². The molecule has 1 aromatic carbocycles. The molecule has 0 spiro atoms. The zero-order chi connectivity index (χ0) is 20.1. The highest BCUT2D eigenvalue weighted by atomic mass is 19.1. The largest absolute Gasteiger partial charge is 0.477 e. The van der Waals surface area contributed by atoms with Gasteiger partial charge in [0.05, 0.1) is 11.2 Å². The van der Waals surface area contributed by atoms with Crippen LogP contribution in [0, 0.1) is 5.82 Å². The molecule has 2 atom stereocenters. The number of halogens is 1. The number of carbonyl (C=O) groups is 1.